The number of hydrogen-bond donors (Lipinski definition) is 2. The third-order valence-corrected chi connectivity index (χ3v) is 3.70. The molecule has 88 valence electrons. The van der Waals surface area contributed by atoms with Crippen molar-refractivity contribution in [3.63, 3.8) is 0 Å². The van der Waals surface area contributed by atoms with Gasteiger partial charge >= 0.3 is 0 Å². The Morgan fingerprint density at radius 2 is 2.00 bits per heavy atom. The van der Waals surface area contributed by atoms with Gasteiger partial charge in [0.2, 0.25) is 0 Å². The van der Waals surface area contributed by atoms with Gasteiger partial charge in [0.15, 0.2) is 0 Å². The predicted molar refractivity (Wildman–Crippen MR) is 75.8 cm³/mol. The highest BCUT2D eigenvalue weighted by Gasteiger charge is 2.18. The SMILES string of the molecule is NC1CCC(Nc2cc(I)cc(Cl)n2)CC1. The number of nitrogens with two attached hydrogens (primary N) is 1. The molecule has 16 heavy (non-hydrogen) atoms. The minimum atomic E-state index is 0.380. The van der Waals surface area contributed by atoms with Crippen molar-refractivity contribution in [1.29, 1.82) is 0 Å². The second-order valence-electron chi connectivity index (χ2n) is 4.25. The van der Waals surface area contributed by atoms with Gasteiger partial charge in [0.25, 0.3) is 0 Å². The first kappa shape index (κ1) is 12.4. The normalized spacial score (nSPS) is 25.4. The van der Waals surface area contributed by atoms with Gasteiger partial charge in [0.1, 0.15) is 11.0 Å². The molecule has 0 unspecified atom stereocenters. The highest BCUT2D eigenvalue weighted by Crippen LogP contribution is 2.22. The number of anilines is 1. The van der Waals surface area contributed by atoms with Crippen LogP contribution in [0, 0.1) is 3.57 Å². The molecule has 1 aromatic heterocycles. The van der Waals surface area contributed by atoms with E-state index >= 15 is 0 Å². The summed E-state index contributed by atoms with van der Waals surface area (Å²) >= 11 is 8.16. The van der Waals surface area contributed by atoms with Crippen LogP contribution >= 0.6 is 34.2 Å². The number of nitrogens with one attached hydrogen (secondary N) is 1. The van der Waals surface area contributed by atoms with Gasteiger partial charge in [-0.1, -0.05) is 11.6 Å². The van der Waals surface area contributed by atoms with Crippen molar-refractivity contribution in [2.24, 2.45) is 5.73 Å². The van der Waals surface area contributed by atoms with E-state index in [1.807, 2.05) is 12.1 Å². The lowest BCUT2D eigenvalue weighted by molar-refractivity contribution is 0.410. The molecular weight excluding hydrogens is 336 g/mol. The largest absolute Gasteiger partial charge is 0.367 e. The Morgan fingerprint density at radius 3 is 2.62 bits per heavy atom. The van der Waals surface area contributed by atoms with Gasteiger partial charge in [0, 0.05) is 15.7 Å². The molecule has 1 saturated carbocycles. The summed E-state index contributed by atoms with van der Waals surface area (Å²) in [4.78, 5) is 4.27. The Balaban J connectivity index is 1.98. The van der Waals surface area contributed by atoms with Crippen LogP contribution in [0.5, 0.6) is 0 Å². The Morgan fingerprint density at radius 1 is 1.31 bits per heavy atom. The summed E-state index contributed by atoms with van der Waals surface area (Å²) in [5.41, 5.74) is 5.87. The van der Waals surface area contributed by atoms with Crippen molar-refractivity contribution in [3.05, 3.63) is 20.9 Å². The van der Waals surface area contributed by atoms with Crippen LogP contribution < -0.4 is 11.1 Å². The maximum atomic E-state index is 5.92. The van der Waals surface area contributed by atoms with Crippen LogP contribution in [0.3, 0.4) is 0 Å². The standard InChI is InChI=1S/C11H15ClIN3/c12-10-5-7(13)6-11(16-10)15-9-3-1-8(14)2-4-9/h5-6,8-9H,1-4,14H2,(H,15,16). The Bertz CT molecular complexity index is 344. The van der Waals surface area contributed by atoms with Crippen molar-refractivity contribution in [2.45, 2.75) is 37.8 Å². The molecule has 0 spiro atoms. The summed E-state index contributed by atoms with van der Waals surface area (Å²) in [6, 6.07) is 4.73. The molecule has 2 rings (SSSR count). The van der Waals surface area contributed by atoms with Crippen molar-refractivity contribution < 1.29 is 0 Å². The molecule has 1 heterocycles. The Hall–Kier alpha value is -0.0700. The summed E-state index contributed by atoms with van der Waals surface area (Å²) in [6.07, 6.45) is 4.42. The fourth-order valence-electron chi connectivity index (χ4n) is 2.01. The van der Waals surface area contributed by atoms with Crippen molar-refractivity contribution in [1.82, 2.24) is 4.98 Å². The molecule has 0 saturated heterocycles. The summed E-state index contributed by atoms with van der Waals surface area (Å²) in [5.74, 6) is 0.873. The Kier molecular flexibility index (Phi) is 4.27. The lowest BCUT2D eigenvalue weighted by Crippen LogP contribution is -2.33. The molecule has 1 fully saturated rings. The number of hydrogen-bond acceptors (Lipinski definition) is 3. The number of rotatable bonds is 2. The quantitative estimate of drug-likeness (QED) is 0.636. The van der Waals surface area contributed by atoms with Gasteiger partial charge in [-0.25, -0.2) is 4.98 Å². The van der Waals surface area contributed by atoms with Crippen molar-refractivity contribution >= 4 is 40.0 Å². The first-order valence-corrected chi connectivity index (χ1v) is 6.94. The number of pyridine rings is 1. The smallest absolute Gasteiger partial charge is 0.132 e. The van der Waals surface area contributed by atoms with E-state index in [9.17, 15) is 0 Å². The molecule has 0 bridgehead atoms. The average Bonchev–Trinajstić information content (AvgIpc) is 2.20. The van der Waals surface area contributed by atoms with Crippen molar-refractivity contribution in [3.8, 4) is 0 Å². The van der Waals surface area contributed by atoms with Gasteiger partial charge in [-0.15, -0.1) is 0 Å². The van der Waals surface area contributed by atoms with E-state index in [2.05, 4.69) is 32.9 Å². The summed E-state index contributed by atoms with van der Waals surface area (Å²) < 4.78 is 1.10. The number of aromatic nitrogens is 1. The zero-order valence-electron chi connectivity index (χ0n) is 8.92. The van der Waals surface area contributed by atoms with Crippen LogP contribution in [-0.4, -0.2) is 17.1 Å². The summed E-state index contributed by atoms with van der Waals surface area (Å²) in [7, 11) is 0. The van der Waals surface area contributed by atoms with Crippen molar-refractivity contribution in [2.75, 3.05) is 5.32 Å². The minimum absolute atomic E-state index is 0.380. The maximum absolute atomic E-state index is 5.92. The molecule has 0 atom stereocenters. The van der Waals surface area contributed by atoms with Crippen LogP contribution in [0.15, 0.2) is 12.1 Å². The third kappa shape index (κ3) is 3.46. The second kappa shape index (κ2) is 5.51. The van der Waals surface area contributed by atoms with Gasteiger partial charge in [0.05, 0.1) is 0 Å². The van der Waals surface area contributed by atoms with Crippen LogP contribution in [0.2, 0.25) is 5.15 Å². The third-order valence-electron chi connectivity index (χ3n) is 2.88. The van der Waals surface area contributed by atoms with E-state index in [4.69, 9.17) is 17.3 Å². The topological polar surface area (TPSA) is 50.9 Å². The molecule has 5 heteroatoms. The molecular formula is C11H15ClIN3. The zero-order chi connectivity index (χ0) is 11.5. The number of halogens is 2. The van der Waals surface area contributed by atoms with Gasteiger partial charge in [-0.05, 0) is 60.4 Å². The number of nitrogens with zero attached hydrogens (tertiary/aromatic N) is 1. The molecule has 0 amide bonds. The van der Waals surface area contributed by atoms with E-state index in [0.717, 1.165) is 35.1 Å². The van der Waals surface area contributed by atoms with E-state index in [-0.39, 0.29) is 0 Å². The van der Waals surface area contributed by atoms with Crippen LogP contribution in [0.25, 0.3) is 0 Å². The molecule has 0 aliphatic heterocycles. The lowest BCUT2D eigenvalue weighted by atomic mass is 9.92. The van der Waals surface area contributed by atoms with E-state index in [1.54, 1.807) is 0 Å². The highest BCUT2D eigenvalue weighted by atomic mass is 127. The molecule has 1 aliphatic rings. The summed E-state index contributed by atoms with van der Waals surface area (Å²) in [6.45, 7) is 0. The zero-order valence-corrected chi connectivity index (χ0v) is 11.8. The van der Waals surface area contributed by atoms with E-state index in [1.165, 1.54) is 0 Å². The second-order valence-corrected chi connectivity index (χ2v) is 5.88. The fraction of sp³-hybridized carbons (Fsp3) is 0.545. The molecule has 3 N–H and O–H groups in total. The van der Waals surface area contributed by atoms with Gasteiger partial charge in [-0.2, -0.15) is 0 Å². The van der Waals surface area contributed by atoms with Crippen LogP contribution in [-0.2, 0) is 0 Å². The van der Waals surface area contributed by atoms with E-state index in [0.29, 0.717) is 17.2 Å². The molecule has 1 aromatic rings. The van der Waals surface area contributed by atoms with E-state index < -0.39 is 0 Å². The van der Waals surface area contributed by atoms with Gasteiger partial charge in [-0.3, -0.25) is 0 Å². The Labute approximate surface area is 114 Å². The fourth-order valence-corrected chi connectivity index (χ4v) is 2.99. The molecule has 0 radical (unpaired) electrons. The van der Waals surface area contributed by atoms with Gasteiger partial charge < -0.3 is 11.1 Å². The average molecular weight is 352 g/mol. The maximum Gasteiger partial charge on any atom is 0.132 e. The van der Waals surface area contributed by atoms with Crippen LogP contribution in [0.4, 0.5) is 5.82 Å². The molecule has 3 nitrogen and oxygen atoms in total. The van der Waals surface area contributed by atoms with Crippen LogP contribution in [0.1, 0.15) is 25.7 Å². The first-order chi connectivity index (χ1) is 7.63. The lowest BCUT2D eigenvalue weighted by Gasteiger charge is -2.27. The molecule has 1 aliphatic carbocycles. The predicted octanol–water partition coefficient (Wildman–Crippen LogP) is 3.02. The highest BCUT2D eigenvalue weighted by molar-refractivity contribution is 14.1. The minimum Gasteiger partial charge on any atom is -0.367 e. The molecule has 0 aromatic carbocycles. The summed E-state index contributed by atoms with van der Waals surface area (Å²) in [5, 5.41) is 3.97. The first-order valence-electron chi connectivity index (χ1n) is 5.48. The monoisotopic (exact) mass is 351 g/mol.